The molecule has 9 heteroatoms. The third-order valence-electron chi connectivity index (χ3n) is 13.5. The fourth-order valence-corrected chi connectivity index (χ4v) is 9.98. The molecule has 2 saturated heterocycles. The van der Waals surface area contributed by atoms with Crippen molar-refractivity contribution in [2.45, 2.75) is 133 Å². The fraction of sp³-hybridized carbons (Fsp3) is 0.683. The zero-order valence-corrected chi connectivity index (χ0v) is 30.7. The number of carbonyl (C=O) groups is 2. The lowest BCUT2D eigenvalue weighted by Gasteiger charge is -2.56. The number of fused-ring (bicyclic) bond motifs is 3. The Morgan fingerprint density at radius 3 is 2.22 bits per heavy atom. The van der Waals surface area contributed by atoms with Crippen LogP contribution in [0.1, 0.15) is 125 Å². The number of likely N-dealkylation sites (tertiary alicyclic amines) is 2. The van der Waals surface area contributed by atoms with Crippen LogP contribution in [0.3, 0.4) is 0 Å². The Labute approximate surface area is 298 Å². The quantitative estimate of drug-likeness (QED) is 0.299. The predicted octanol–water partition coefficient (Wildman–Crippen LogP) is 6.81. The standard InChI is InChI=1S/C41H58N4O5/c1-27(2)44-21-12-29(13-22-44)31-11-20-42-35(24-31)37(43-38(47)30-5-8-34(9-6-30)50-39(48)45-25-33(46)26-45)41-17-14-40(15-18-41,16-19-41)32-7-10-36(49-4)28(3)23-32/h7,10-11,20,23-24,27,29-30,33-34,37,46H,5-6,8-9,12-19,21-22,25-26H2,1-4H3,(H,43,47). The first kappa shape index (κ1) is 35.2. The fourth-order valence-electron chi connectivity index (χ4n) is 9.98. The van der Waals surface area contributed by atoms with E-state index in [0.29, 0.717) is 50.7 Å². The summed E-state index contributed by atoms with van der Waals surface area (Å²) in [7, 11) is 1.74. The lowest BCUT2D eigenvalue weighted by atomic mass is 9.49. The van der Waals surface area contributed by atoms with Crippen molar-refractivity contribution in [2.75, 3.05) is 33.3 Å². The van der Waals surface area contributed by atoms with Crippen LogP contribution in [0.15, 0.2) is 36.5 Å². The number of aryl methyl sites for hydroxylation is 1. The zero-order chi connectivity index (χ0) is 35.0. The van der Waals surface area contributed by atoms with E-state index < -0.39 is 6.10 Å². The van der Waals surface area contributed by atoms with Crippen molar-refractivity contribution in [1.29, 1.82) is 0 Å². The first-order valence-electron chi connectivity index (χ1n) is 19.4. The summed E-state index contributed by atoms with van der Waals surface area (Å²) in [6, 6.07) is 11.7. The number of methoxy groups -OCH3 is 1. The van der Waals surface area contributed by atoms with Crippen LogP contribution in [0.25, 0.3) is 0 Å². The highest BCUT2D eigenvalue weighted by Gasteiger charge is 2.54. The third kappa shape index (κ3) is 7.01. The van der Waals surface area contributed by atoms with Gasteiger partial charge in [0.15, 0.2) is 0 Å². The summed E-state index contributed by atoms with van der Waals surface area (Å²) < 4.78 is 11.3. The van der Waals surface area contributed by atoms with Gasteiger partial charge in [0.2, 0.25) is 5.91 Å². The van der Waals surface area contributed by atoms with Crippen molar-refractivity contribution >= 4 is 12.0 Å². The molecule has 6 fully saturated rings. The molecule has 9 nitrogen and oxygen atoms in total. The lowest BCUT2D eigenvalue weighted by molar-refractivity contribution is -0.129. The average Bonchev–Trinajstić information content (AvgIpc) is 3.13. The number of aliphatic hydroxyl groups excluding tert-OH is 1. The molecule has 2 aromatic rings. The monoisotopic (exact) mass is 686 g/mol. The van der Waals surface area contributed by atoms with Crippen molar-refractivity contribution in [3.8, 4) is 5.75 Å². The number of carbonyl (C=O) groups excluding carboxylic acids is 2. The smallest absolute Gasteiger partial charge is 0.410 e. The van der Waals surface area contributed by atoms with E-state index in [9.17, 15) is 14.7 Å². The van der Waals surface area contributed by atoms with Crippen LogP contribution in [0, 0.1) is 18.3 Å². The number of hydrogen-bond acceptors (Lipinski definition) is 7. The number of aliphatic hydroxyl groups is 1. The topological polar surface area (TPSA) is 104 Å². The molecular formula is C41H58N4O5. The number of β-amino-alcohol motifs (C(OH)–C–C–N with tert-alkyl or cyclic N) is 1. The van der Waals surface area contributed by atoms with Crippen molar-refractivity contribution < 1.29 is 24.2 Å². The molecule has 6 aliphatic rings. The van der Waals surface area contributed by atoms with Gasteiger partial charge in [-0.1, -0.05) is 12.1 Å². The molecule has 2 bridgehead atoms. The van der Waals surface area contributed by atoms with Gasteiger partial charge in [0, 0.05) is 18.2 Å². The molecule has 50 heavy (non-hydrogen) atoms. The second kappa shape index (κ2) is 14.5. The molecule has 2 N–H and O–H groups in total. The van der Waals surface area contributed by atoms with E-state index in [0.717, 1.165) is 75.9 Å². The highest BCUT2D eigenvalue weighted by Crippen LogP contribution is 2.62. The molecule has 272 valence electrons. The normalized spacial score (nSPS) is 29.8. The average molecular weight is 687 g/mol. The van der Waals surface area contributed by atoms with E-state index in [2.05, 4.69) is 61.3 Å². The number of nitrogens with one attached hydrogen (secondary N) is 1. The minimum atomic E-state index is -0.445. The number of rotatable bonds is 9. The van der Waals surface area contributed by atoms with E-state index in [-0.39, 0.29) is 40.9 Å². The van der Waals surface area contributed by atoms with Gasteiger partial charge in [0.25, 0.3) is 0 Å². The van der Waals surface area contributed by atoms with Crippen LogP contribution in [0.2, 0.25) is 0 Å². The molecule has 2 aliphatic heterocycles. The van der Waals surface area contributed by atoms with Crippen LogP contribution < -0.4 is 10.1 Å². The largest absolute Gasteiger partial charge is 0.496 e. The van der Waals surface area contributed by atoms with Gasteiger partial charge in [0.05, 0.1) is 38.0 Å². The Morgan fingerprint density at radius 1 is 0.940 bits per heavy atom. The van der Waals surface area contributed by atoms with Crippen LogP contribution in [0.5, 0.6) is 5.75 Å². The van der Waals surface area contributed by atoms with E-state index in [4.69, 9.17) is 14.5 Å². The zero-order valence-electron chi connectivity index (χ0n) is 30.7. The van der Waals surface area contributed by atoms with Crippen LogP contribution in [-0.2, 0) is 14.9 Å². The molecule has 0 spiro atoms. The molecule has 1 aromatic carbocycles. The number of amides is 2. The Morgan fingerprint density at radius 2 is 1.62 bits per heavy atom. The summed E-state index contributed by atoms with van der Waals surface area (Å²) in [4.78, 5) is 35.8. The van der Waals surface area contributed by atoms with Gasteiger partial charge in [-0.25, -0.2) is 4.79 Å². The maximum Gasteiger partial charge on any atom is 0.410 e. The van der Waals surface area contributed by atoms with E-state index in [1.54, 1.807) is 12.0 Å². The summed E-state index contributed by atoms with van der Waals surface area (Å²) in [5.41, 5.74) is 5.16. The summed E-state index contributed by atoms with van der Waals surface area (Å²) in [6.45, 7) is 9.63. The third-order valence-corrected chi connectivity index (χ3v) is 13.5. The van der Waals surface area contributed by atoms with Gasteiger partial charge >= 0.3 is 6.09 Å². The second-order valence-electron chi connectivity index (χ2n) is 16.6. The van der Waals surface area contributed by atoms with Crippen LogP contribution in [-0.4, -0.2) is 83.4 Å². The highest BCUT2D eigenvalue weighted by atomic mass is 16.6. The van der Waals surface area contributed by atoms with Crippen molar-refractivity contribution in [1.82, 2.24) is 20.1 Å². The summed E-state index contributed by atoms with van der Waals surface area (Å²) in [5.74, 6) is 1.47. The van der Waals surface area contributed by atoms with Gasteiger partial charge in [-0.15, -0.1) is 0 Å². The molecule has 2 amide bonds. The lowest BCUT2D eigenvalue weighted by Crippen LogP contribution is -2.54. The van der Waals surface area contributed by atoms with E-state index >= 15 is 0 Å². The molecule has 0 radical (unpaired) electrons. The molecule has 4 saturated carbocycles. The molecule has 1 unspecified atom stereocenters. The molecule has 8 rings (SSSR count). The van der Waals surface area contributed by atoms with Crippen LogP contribution >= 0.6 is 0 Å². The van der Waals surface area contributed by atoms with Gasteiger partial charge in [0.1, 0.15) is 11.9 Å². The number of aromatic nitrogens is 1. The minimum Gasteiger partial charge on any atom is -0.496 e. The Hall–Kier alpha value is -3.17. The predicted molar refractivity (Wildman–Crippen MR) is 193 cm³/mol. The summed E-state index contributed by atoms with van der Waals surface area (Å²) in [6.07, 6.45) is 12.6. The Bertz CT molecular complexity index is 1500. The van der Waals surface area contributed by atoms with E-state index in [1.807, 2.05) is 6.20 Å². The maximum atomic E-state index is 14.2. The first-order chi connectivity index (χ1) is 24.1. The summed E-state index contributed by atoms with van der Waals surface area (Å²) >= 11 is 0. The second-order valence-corrected chi connectivity index (χ2v) is 16.6. The van der Waals surface area contributed by atoms with Crippen LogP contribution in [0.4, 0.5) is 4.79 Å². The van der Waals surface area contributed by atoms with Crippen molar-refractivity contribution in [2.24, 2.45) is 11.3 Å². The van der Waals surface area contributed by atoms with Crippen molar-refractivity contribution in [3.63, 3.8) is 0 Å². The first-order valence-corrected chi connectivity index (χ1v) is 19.4. The SMILES string of the molecule is COc1ccc(C23CCC(C(NC(=O)C4CCC(OC(=O)N5CC(O)C5)CC4)c4cc(C5CCN(C(C)C)CC5)ccn4)(CC2)CC3)cc1C. The number of benzene rings is 1. The van der Waals surface area contributed by atoms with Gasteiger partial charge in [-0.3, -0.25) is 9.78 Å². The Balaban J connectivity index is 1.08. The highest BCUT2D eigenvalue weighted by molar-refractivity contribution is 5.79. The van der Waals surface area contributed by atoms with E-state index in [1.165, 1.54) is 16.7 Å². The number of piperidine rings is 1. The van der Waals surface area contributed by atoms with Gasteiger partial charge in [-0.2, -0.15) is 0 Å². The number of pyridine rings is 1. The molecule has 4 aliphatic carbocycles. The number of ether oxygens (including phenoxy) is 2. The number of hydrogen-bond donors (Lipinski definition) is 2. The molecule has 3 heterocycles. The molecule has 1 aromatic heterocycles. The maximum absolute atomic E-state index is 14.2. The van der Waals surface area contributed by atoms with Gasteiger partial charge < -0.3 is 29.7 Å². The Kier molecular flexibility index (Phi) is 10.2. The number of nitrogens with zero attached hydrogens (tertiary/aromatic N) is 3. The molecule has 1 atom stereocenters. The summed E-state index contributed by atoms with van der Waals surface area (Å²) in [5, 5.41) is 13.2. The van der Waals surface area contributed by atoms with Gasteiger partial charge in [-0.05, 0) is 163 Å². The minimum absolute atomic E-state index is 0.0277. The van der Waals surface area contributed by atoms with Crippen molar-refractivity contribution in [3.05, 3.63) is 58.9 Å². The molecular weight excluding hydrogens is 628 g/mol.